The first kappa shape index (κ1) is 13.3. The van der Waals surface area contributed by atoms with E-state index in [0.717, 1.165) is 23.4 Å². The van der Waals surface area contributed by atoms with Crippen LogP contribution in [-0.2, 0) is 0 Å². The highest BCUT2D eigenvalue weighted by Gasteiger charge is 2.00. The van der Waals surface area contributed by atoms with Crippen LogP contribution in [0.25, 0.3) is 11.3 Å². The van der Waals surface area contributed by atoms with Crippen LogP contribution in [0.1, 0.15) is 13.3 Å². The third-order valence-corrected chi connectivity index (χ3v) is 2.89. The fourth-order valence-corrected chi connectivity index (χ4v) is 1.66. The van der Waals surface area contributed by atoms with Gasteiger partial charge in [0, 0.05) is 5.69 Å². The maximum Gasteiger partial charge on any atom is 0.0924 e. The van der Waals surface area contributed by atoms with Crippen molar-refractivity contribution in [2.45, 2.75) is 19.4 Å². The molecule has 1 atom stereocenters. The minimum Gasteiger partial charge on any atom is -0.394 e. The summed E-state index contributed by atoms with van der Waals surface area (Å²) >= 11 is 0. The SMILES string of the molecule is CCC(CO)N=CNc1ccc(-c2cnc[nH]2)cc1. The summed E-state index contributed by atoms with van der Waals surface area (Å²) in [6.07, 6.45) is 5.91. The Morgan fingerprint density at radius 2 is 2.21 bits per heavy atom. The number of aromatic amines is 1. The van der Waals surface area contributed by atoms with Gasteiger partial charge in [0.15, 0.2) is 0 Å². The molecule has 0 saturated heterocycles. The molecule has 0 bridgehead atoms. The van der Waals surface area contributed by atoms with Gasteiger partial charge in [-0.25, -0.2) is 4.98 Å². The zero-order chi connectivity index (χ0) is 13.5. The number of aliphatic hydroxyl groups is 1. The number of nitrogens with one attached hydrogen (secondary N) is 2. The number of nitrogens with zero attached hydrogens (tertiary/aromatic N) is 2. The molecule has 0 spiro atoms. The van der Waals surface area contributed by atoms with Crippen LogP contribution in [0.4, 0.5) is 5.69 Å². The summed E-state index contributed by atoms with van der Waals surface area (Å²) in [4.78, 5) is 11.3. The molecule has 1 heterocycles. The molecule has 2 rings (SSSR count). The lowest BCUT2D eigenvalue weighted by Gasteiger charge is -2.06. The third-order valence-electron chi connectivity index (χ3n) is 2.89. The maximum atomic E-state index is 9.01. The minimum atomic E-state index is -0.0308. The van der Waals surface area contributed by atoms with Crippen molar-refractivity contribution in [2.75, 3.05) is 11.9 Å². The van der Waals surface area contributed by atoms with E-state index in [1.165, 1.54) is 0 Å². The Kier molecular flexibility index (Phi) is 4.69. The number of H-pyrrole nitrogens is 1. The van der Waals surface area contributed by atoms with E-state index in [1.807, 2.05) is 31.2 Å². The third kappa shape index (κ3) is 3.66. The Labute approximate surface area is 112 Å². The van der Waals surface area contributed by atoms with E-state index < -0.39 is 0 Å². The second-order valence-electron chi connectivity index (χ2n) is 4.21. The normalized spacial score (nSPS) is 12.7. The molecule has 1 aromatic carbocycles. The highest BCUT2D eigenvalue weighted by atomic mass is 16.3. The maximum absolute atomic E-state index is 9.01. The molecular formula is C14H18N4O. The molecule has 1 unspecified atom stereocenters. The predicted octanol–water partition coefficient (Wildman–Crippen LogP) is 2.29. The Morgan fingerprint density at radius 3 is 2.79 bits per heavy atom. The standard InChI is InChI=1S/C14H18N4O/c1-2-12(8-19)16-10-17-13-5-3-11(4-6-13)14-7-15-9-18-14/h3-7,9-10,12,19H,2,8H2,1H3,(H,15,18)(H,16,17). The molecule has 0 fully saturated rings. The molecule has 100 valence electrons. The number of hydrogen-bond donors (Lipinski definition) is 3. The summed E-state index contributed by atoms with van der Waals surface area (Å²) in [5.74, 6) is 0. The lowest BCUT2D eigenvalue weighted by Crippen LogP contribution is -2.10. The van der Waals surface area contributed by atoms with Gasteiger partial charge in [0.05, 0.1) is 37.2 Å². The van der Waals surface area contributed by atoms with Crippen LogP contribution in [0, 0.1) is 0 Å². The van der Waals surface area contributed by atoms with Gasteiger partial charge < -0.3 is 15.4 Å². The molecule has 0 aliphatic heterocycles. The smallest absolute Gasteiger partial charge is 0.0924 e. The van der Waals surface area contributed by atoms with Gasteiger partial charge in [0.25, 0.3) is 0 Å². The number of anilines is 1. The quantitative estimate of drug-likeness (QED) is 0.550. The van der Waals surface area contributed by atoms with Crippen LogP contribution in [0.15, 0.2) is 41.8 Å². The summed E-state index contributed by atoms with van der Waals surface area (Å²) in [7, 11) is 0. The highest BCUT2D eigenvalue weighted by molar-refractivity contribution is 5.76. The molecule has 2 aromatic rings. The summed E-state index contributed by atoms with van der Waals surface area (Å²) in [6.45, 7) is 2.07. The van der Waals surface area contributed by atoms with Crippen molar-refractivity contribution in [2.24, 2.45) is 4.99 Å². The lowest BCUT2D eigenvalue weighted by atomic mass is 10.1. The average molecular weight is 258 g/mol. The van der Waals surface area contributed by atoms with E-state index >= 15 is 0 Å². The number of aliphatic imine (C=N–C) groups is 1. The van der Waals surface area contributed by atoms with E-state index in [1.54, 1.807) is 18.9 Å². The van der Waals surface area contributed by atoms with Crippen molar-refractivity contribution in [3.8, 4) is 11.3 Å². The highest BCUT2D eigenvalue weighted by Crippen LogP contribution is 2.18. The van der Waals surface area contributed by atoms with Crippen molar-refractivity contribution in [1.82, 2.24) is 9.97 Å². The Hall–Kier alpha value is -2.14. The van der Waals surface area contributed by atoms with Crippen LogP contribution >= 0.6 is 0 Å². The van der Waals surface area contributed by atoms with Crippen molar-refractivity contribution >= 4 is 12.0 Å². The van der Waals surface area contributed by atoms with Crippen LogP contribution in [0.3, 0.4) is 0 Å². The molecule has 1 aromatic heterocycles. The Morgan fingerprint density at radius 1 is 1.42 bits per heavy atom. The second kappa shape index (κ2) is 6.70. The number of hydrogen-bond acceptors (Lipinski definition) is 3. The predicted molar refractivity (Wildman–Crippen MR) is 77.3 cm³/mol. The van der Waals surface area contributed by atoms with E-state index in [-0.39, 0.29) is 12.6 Å². The molecule has 0 radical (unpaired) electrons. The molecule has 0 aliphatic carbocycles. The van der Waals surface area contributed by atoms with Crippen molar-refractivity contribution < 1.29 is 5.11 Å². The molecule has 0 amide bonds. The monoisotopic (exact) mass is 258 g/mol. The van der Waals surface area contributed by atoms with Gasteiger partial charge in [-0.05, 0) is 24.1 Å². The van der Waals surface area contributed by atoms with Gasteiger partial charge in [0.1, 0.15) is 0 Å². The molecular weight excluding hydrogens is 240 g/mol. The van der Waals surface area contributed by atoms with Crippen molar-refractivity contribution in [1.29, 1.82) is 0 Å². The van der Waals surface area contributed by atoms with Crippen LogP contribution in [0.2, 0.25) is 0 Å². The van der Waals surface area contributed by atoms with E-state index in [4.69, 9.17) is 5.11 Å². The minimum absolute atomic E-state index is 0.0308. The number of imidazole rings is 1. The Balaban J connectivity index is 1.96. The average Bonchev–Trinajstić information content (AvgIpc) is 2.98. The van der Waals surface area contributed by atoms with Gasteiger partial charge in [-0.3, -0.25) is 4.99 Å². The molecule has 3 N–H and O–H groups in total. The van der Waals surface area contributed by atoms with Gasteiger partial charge in [-0.2, -0.15) is 0 Å². The molecule has 19 heavy (non-hydrogen) atoms. The zero-order valence-corrected chi connectivity index (χ0v) is 10.9. The van der Waals surface area contributed by atoms with Crippen LogP contribution < -0.4 is 5.32 Å². The van der Waals surface area contributed by atoms with E-state index in [0.29, 0.717) is 0 Å². The van der Waals surface area contributed by atoms with Gasteiger partial charge >= 0.3 is 0 Å². The molecule has 5 nitrogen and oxygen atoms in total. The van der Waals surface area contributed by atoms with Crippen molar-refractivity contribution in [3.63, 3.8) is 0 Å². The number of aliphatic hydroxyl groups excluding tert-OH is 1. The summed E-state index contributed by atoms with van der Waals surface area (Å²) < 4.78 is 0. The number of rotatable bonds is 6. The first-order valence-electron chi connectivity index (χ1n) is 6.31. The first-order chi connectivity index (χ1) is 9.33. The summed E-state index contributed by atoms with van der Waals surface area (Å²) in [5.41, 5.74) is 3.04. The number of benzene rings is 1. The summed E-state index contributed by atoms with van der Waals surface area (Å²) in [6, 6.07) is 7.93. The second-order valence-corrected chi connectivity index (χ2v) is 4.21. The fourth-order valence-electron chi connectivity index (χ4n) is 1.66. The topological polar surface area (TPSA) is 73.3 Å². The van der Waals surface area contributed by atoms with Gasteiger partial charge in [-0.15, -0.1) is 0 Å². The summed E-state index contributed by atoms with van der Waals surface area (Å²) in [5, 5.41) is 12.1. The fraction of sp³-hybridized carbons (Fsp3) is 0.286. The lowest BCUT2D eigenvalue weighted by molar-refractivity contribution is 0.264. The van der Waals surface area contributed by atoms with Crippen molar-refractivity contribution in [3.05, 3.63) is 36.8 Å². The first-order valence-corrected chi connectivity index (χ1v) is 6.31. The van der Waals surface area contributed by atoms with E-state index in [9.17, 15) is 0 Å². The zero-order valence-electron chi connectivity index (χ0n) is 10.9. The van der Waals surface area contributed by atoms with Crippen LogP contribution in [-0.4, -0.2) is 34.1 Å². The van der Waals surface area contributed by atoms with Gasteiger partial charge in [-0.1, -0.05) is 19.1 Å². The molecule has 0 saturated carbocycles. The molecule has 0 aliphatic rings. The Bertz CT molecular complexity index is 501. The number of aromatic nitrogens is 2. The van der Waals surface area contributed by atoms with Crippen LogP contribution in [0.5, 0.6) is 0 Å². The van der Waals surface area contributed by atoms with E-state index in [2.05, 4.69) is 20.3 Å². The molecule has 5 heteroatoms. The van der Waals surface area contributed by atoms with Gasteiger partial charge in [0.2, 0.25) is 0 Å². The largest absolute Gasteiger partial charge is 0.394 e.